The van der Waals surface area contributed by atoms with Gasteiger partial charge in [-0.15, -0.1) is 0 Å². The van der Waals surface area contributed by atoms with Gasteiger partial charge in [-0.05, 0) is 41.0 Å². The van der Waals surface area contributed by atoms with Crippen LogP contribution in [0.3, 0.4) is 0 Å². The Morgan fingerprint density at radius 3 is 2.71 bits per heavy atom. The first-order valence-corrected chi connectivity index (χ1v) is 12.0. The number of fused-ring (bicyclic) bond motifs is 1. The number of aliphatic hydroxyl groups excluding tert-OH is 1. The largest absolute Gasteiger partial charge is 0.497 e. The molecule has 0 bridgehead atoms. The van der Waals surface area contributed by atoms with Gasteiger partial charge in [0.05, 0.1) is 19.3 Å². The molecule has 0 amide bonds. The smallest absolute Gasteiger partial charge is 0.123 e. The normalized spacial score (nSPS) is 21.4. The van der Waals surface area contributed by atoms with Crippen LogP contribution < -0.4 is 20.3 Å². The standard InChI is InChI=1S/C28H33N3O3/c1-33-25-10-7-21(8-11-25)28-24(17-29-30-28)19-31-13-14-34-27-12-9-22(16-23(27)18-31)26(32)15-20-5-3-2-4-6-20/h2-12,16,24,26,28-30,32H,13-15,17-19H2,1H3. The Morgan fingerprint density at radius 1 is 1.09 bits per heavy atom. The zero-order valence-electron chi connectivity index (χ0n) is 19.6. The van der Waals surface area contributed by atoms with Gasteiger partial charge in [0, 0.05) is 44.1 Å². The van der Waals surface area contributed by atoms with Gasteiger partial charge in [-0.25, -0.2) is 5.43 Å². The molecule has 34 heavy (non-hydrogen) atoms. The lowest BCUT2D eigenvalue weighted by atomic mass is 9.94. The number of hydrogen-bond donors (Lipinski definition) is 3. The maximum Gasteiger partial charge on any atom is 0.123 e. The van der Waals surface area contributed by atoms with Crippen molar-refractivity contribution in [1.82, 2.24) is 15.8 Å². The molecular weight excluding hydrogens is 426 g/mol. The highest BCUT2D eigenvalue weighted by atomic mass is 16.5. The molecule has 0 radical (unpaired) electrons. The van der Waals surface area contributed by atoms with Crippen LogP contribution in [0.15, 0.2) is 72.8 Å². The van der Waals surface area contributed by atoms with Gasteiger partial charge < -0.3 is 14.6 Å². The summed E-state index contributed by atoms with van der Waals surface area (Å²) in [5.74, 6) is 2.23. The van der Waals surface area contributed by atoms with Crippen LogP contribution >= 0.6 is 0 Å². The lowest BCUT2D eigenvalue weighted by Gasteiger charge is -2.26. The summed E-state index contributed by atoms with van der Waals surface area (Å²) < 4.78 is 11.4. The summed E-state index contributed by atoms with van der Waals surface area (Å²) in [4.78, 5) is 2.47. The third-order valence-electron chi connectivity index (χ3n) is 6.86. The van der Waals surface area contributed by atoms with E-state index in [4.69, 9.17) is 9.47 Å². The minimum absolute atomic E-state index is 0.244. The minimum atomic E-state index is -0.535. The molecule has 2 aliphatic rings. The van der Waals surface area contributed by atoms with Gasteiger partial charge in [-0.3, -0.25) is 10.3 Å². The van der Waals surface area contributed by atoms with E-state index in [2.05, 4.69) is 46.1 Å². The van der Waals surface area contributed by atoms with E-state index < -0.39 is 6.10 Å². The number of ether oxygens (including phenoxy) is 2. The fourth-order valence-corrected chi connectivity index (χ4v) is 4.99. The average molecular weight is 460 g/mol. The summed E-state index contributed by atoms with van der Waals surface area (Å²) in [7, 11) is 1.69. The first kappa shape index (κ1) is 22.9. The van der Waals surface area contributed by atoms with E-state index in [0.717, 1.165) is 54.4 Å². The molecule has 2 aliphatic heterocycles. The Bertz CT molecular complexity index is 1070. The number of hydrazine groups is 1. The molecule has 0 aliphatic carbocycles. The summed E-state index contributed by atoms with van der Waals surface area (Å²) in [6.07, 6.45) is 0.0692. The van der Waals surface area contributed by atoms with Gasteiger partial charge in [-0.2, -0.15) is 0 Å². The zero-order chi connectivity index (χ0) is 23.3. The van der Waals surface area contributed by atoms with Gasteiger partial charge in [0.25, 0.3) is 0 Å². The summed E-state index contributed by atoms with van der Waals surface area (Å²) in [6.45, 7) is 4.22. The van der Waals surface area contributed by atoms with Crippen molar-refractivity contribution in [3.05, 3.63) is 95.1 Å². The molecule has 0 aromatic heterocycles. The number of aliphatic hydroxyl groups is 1. The van der Waals surface area contributed by atoms with Crippen molar-refractivity contribution < 1.29 is 14.6 Å². The first-order valence-electron chi connectivity index (χ1n) is 12.0. The molecule has 2 heterocycles. The highest BCUT2D eigenvalue weighted by molar-refractivity contribution is 5.39. The van der Waals surface area contributed by atoms with Crippen molar-refractivity contribution in [3.8, 4) is 11.5 Å². The van der Waals surface area contributed by atoms with E-state index in [1.54, 1.807) is 7.11 Å². The van der Waals surface area contributed by atoms with Crippen LogP contribution in [-0.4, -0.2) is 43.4 Å². The van der Waals surface area contributed by atoms with Crippen LogP contribution in [0, 0.1) is 5.92 Å². The van der Waals surface area contributed by atoms with Gasteiger partial charge in [-0.1, -0.05) is 48.5 Å². The molecule has 6 nitrogen and oxygen atoms in total. The van der Waals surface area contributed by atoms with Gasteiger partial charge in [0.1, 0.15) is 18.1 Å². The van der Waals surface area contributed by atoms with Crippen molar-refractivity contribution in [2.45, 2.75) is 25.1 Å². The van der Waals surface area contributed by atoms with Crippen LogP contribution in [0.4, 0.5) is 0 Å². The molecule has 6 heteroatoms. The Kier molecular flexibility index (Phi) is 7.11. The predicted octanol–water partition coefficient (Wildman–Crippen LogP) is 3.63. The topological polar surface area (TPSA) is 66.0 Å². The number of nitrogens with zero attached hydrogens (tertiary/aromatic N) is 1. The molecule has 1 fully saturated rings. The summed E-state index contributed by atoms with van der Waals surface area (Å²) in [5.41, 5.74) is 11.3. The zero-order valence-corrected chi connectivity index (χ0v) is 19.6. The second kappa shape index (κ2) is 10.6. The number of nitrogens with one attached hydrogen (secondary N) is 2. The number of hydrogen-bond acceptors (Lipinski definition) is 6. The van der Waals surface area contributed by atoms with Crippen molar-refractivity contribution >= 4 is 0 Å². The van der Waals surface area contributed by atoms with Gasteiger partial charge in [0.15, 0.2) is 0 Å². The molecule has 5 rings (SSSR count). The number of methoxy groups -OCH3 is 1. The second-order valence-electron chi connectivity index (χ2n) is 9.19. The SMILES string of the molecule is COc1ccc(C2NNCC2CN2CCOc3ccc(C(O)Cc4ccccc4)cc3C2)cc1. The maximum absolute atomic E-state index is 10.9. The van der Waals surface area contributed by atoms with E-state index in [0.29, 0.717) is 18.9 Å². The Balaban J connectivity index is 1.27. The van der Waals surface area contributed by atoms with E-state index in [9.17, 15) is 5.11 Å². The predicted molar refractivity (Wildman–Crippen MR) is 133 cm³/mol. The van der Waals surface area contributed by atoms with Crippen LogP contribution in [0.5, 0.6) is 11.5 Å². The van der Waals surface area contributed by atoms with Gasteiger partial charge in [0.2, 0.25) is 0 Å². The second-order valence-corrected chi connectivity index (χ2v) is 9.19. The molecule has 0 saturated carbocycles. The molecule has 178 valence electrons. The minimum Gasteiger partial charge on any atom is -0.497 e. The Labute approximate surface area is 201 Å². The van der Waals surface area contributed by atoms with Crippen molar-refractivity contribution in [1.29, 1.82) is 0 Å². The third kappa shape index (κ3) is 5.26. The summed E-state index contributed by atoms with van der Waals surface area (Å²) in [5, 5.41) is 10.9. The van der Waals surface area contributed by atoms with E-state index in [1.807, 2.05) is 42.5 Å². The highest BCUT2D eigenvalue weighted by Crippen LogP contribution is 2.31. The van der Waals surface area contributed by atoms with Crippen LogP contribution in [0.25, 0.3) is 0 Å². The molecular formula is C28H33N3O3. The molecule has 3 aromatic rings. The lowest BCUT2D eigenvalue weighted by Crippen LogP contribution is -2.34. The van der Waals surface area contributed by atoms with Gasteiger partial charge >= 0.3 is 0 Å². The first-order chi connectivity index (χ1) is 16.7. The Hall–Kier alpha value is -2.90. The third-order valence-corrected chi connectivity index (χ3v) is 6.86. The highest BCUT2D eigenvalue weighted by Gasteiger charge is 2.30. The quantitative estimate of drug-likeness (QED) is 0.502. The molecule has 0 spiro atoms. The fourth-order valence-electron chi connectivity index (χ4n) is 4.99. The molecule has 3 atom stereocenters. The summed E-state index contributed by atoms with van der Waals surface area (Å²) >= 11 is 0. The number of rotatable bonds is 7. The van der Waals surface area contributed by atoms with Crippen molar-refractivity contribution in [2.75, 3.05) is 33.4 Å². The van der Waals surface area contributed by atoms with E-state index in [1.165, 1.54) is 5.56 Å². The lowest BCUT2D eigenvalue weighted by molar-refractivity contribution is 0.178. The van der Waals surface area contributed by atoms with Crippen molar-refractivity contribution in [2.24, 2.45) is 5.92 Å². The van der Waals surface area contributed by atoms with Crippen LogP contribution in [0.1, 0.15) is 34.4 Å². The maximum atomic E-state index is 10.9. The van der Waals surface area contributed by atoms with E-state index in [-0.39, 0.29) is 6.04 Å². The molecule has 3 aromatic carbocycles. The Morgan fingerprint density at radius 2 is 1.91 bits per heavy atom. The van der Waals surface area contributed by atoms with Crippen molar-refractivity contribution in [3.63, 3.8) is 0 Å². The summed E-state index contributed by atoms with van der Waals surface area (Å²) in [6, 6.07) is 24.8. The fraction of sp³-hybridized carbons (Fsp3) is 0.357. The van der Waals surface area contributed by atoms with E-state index >= 15 is 0 Å². The molecule has 3 unspecified atom stereocenters. The molecule has 3 N–H and O–H groups in total. The molecule has 1 saturated heterocycles. The number of benzene rings is 3. The van der Waals surface area contributed by atoms with Crippen LogP contribution in [0.2, 0.25) is 0 Å². The monoisotopic (exact) mass is 459 g/mol. The van der Waals surface area contributed by atoms with Crippen LogP contribution in [-0.2, 0) is 13.0 Å². The average Bonchev–Trinajstić information content (AvgIpc) is 3.23.